The second kappa shape index (κ2) is 2.21. The number of amides is 1. The summed E-state index contributed by atoms with van der Waals surface area (Å²) in [5.74, 6) is 0.437. The summed E-state index contributed by atoms with van der Waals surface area (Å²) in [6.45, 7) is 1.95. The fraction of sp³-hybridized carbons (Fsp3) is 0.571. The minimum absolute atomic E-state index is 0.140. The molecule has 0 aliphatic heterocycles. The third-order valence-electron chi connectivity index (χ3n) is 1.64. The highest BCUT2D eigenvalue weighted by Crippen LogP contribution is 2.38. The van der Waals surface area contributed by atoms with E-state index in [1.807, 2.05) is 19.1 Å². The first-order valence-corrected chi connectivity index (χ1v) is 3.18. The molecule has 0 spiro atoms. The van der Waals surface area contributed by atoms with Crippen LogP contribution in [0, 0.1) is 11.8 Å². The Labute approximate surface area is 54.7 Å². The lowest BCUT2D eigenvalue weighted by Gasteiger charge is -1.84. The predicted molar refractivity (Wildman–Crippen MR) is 35.6 cm³/mol. The Morgan fingerprint density at radius 2 is 2.44 bits per heavy atom. The first-order chi connectivity index (χ1) is 4.25. The molecule has 50 valence electrons. The van der Waals surface area contributed by atoms with Gasteiger partial charge < -0.3 is 5.73 Å². The van der Waals surface area contributed by atoms with Gasteiger partial charge in [0.2, 0.25) is 5.91 Å². The molecule has 2 nitrogen and oxygen atoms in total. The van der Waals surface area contributed by atoms with Crippen molar-refractivity contribution in [3.63, 3.8) is 0 Å². The van der Waals surface area contributed by atoms with Crippen LogP contribution in [-0.4, -0.2) is 5.91 Å². The summed E-state index contributed by atoms with van der Waals surface area (Å²) in [4.78, 5) is 10.4. The van der Waals surface area contributed by atoms with Crippen LogP contribution in [0.3, 0.4) is 0 Å². The predicted octanol–water partition coefficient (Wildman–Crippen LogP) is 0.684. The van der Waals surface area contributed by atoms with Gasteiger partial charge in [-0.25, -0.2) is 0 Å². The molecule has 0 unspecified atom stereocenters. The number of rotatable bonds is 2. The van der Waals surface area contributed by atoms with E-state index in [2.05, 4.69) is 0 Å². The zero-order valence-corrected chi connectivity index (χ0v) is 5.50. The van der Waals surface area contributed by atoms with Gasteiger partial charge in [-0.05, 0) is 19.3 Å². The normalized spacial score (nSPS) is 33.0. The van der Waals surface area contributed by atoms with Gasteiger partial charge in [0.1, 0.15) is 0 Å². The van der Waals surface area contributed by atoms with Crippen LogP contribution in [0.4, 0.5) is 0 Å². The highest BCUT2D eigenvalue weighted by molar-refractivity contribution is 5.80. The molecule has 1 aliphatic rings. The van der Waals surface area contributed by atoms with Crippen LogP contribution in [0.2, 0.25) is 0 Å². The Morgan fingerprint density at radius 3 is 2.78 bits per heavy atom. The van der Waals surface area contributed by atoms with E-state index in [9.17, 15) is 4.79 Å². The van der Waals surface area contributed by atoms with Gasteiger partial charge in [0.25, 0.3) is 0 Å². The second-order valence-corrected chi connectivity index (χ2v) is 2.43. The van der Waals surface area contributed by atoms with Crippen LogP contribution in [0.15, 0.2) is 12.2 Å². The maximum absolute atomic E-state index is 10.4. The maximum Gasteiger partial charge on any atom is 0.221 e. The third kappa shape index (κ3) is 1.31. The van der Waals surface area contributed by atoms with E-state index >= 15 is 0 Å². The second-order valence-electron chi connectivity index (χ2n) is 2.43. The summed E-state index contributed by atoms with van der Waals surface area (Å²) in [7, 11) is 0. The Hall–Kier alpha value is -0.790. The standard InChI is InChI=1S/C7H11NO/c1-2-3-5-4-6(5)7(8)9/h2-3,5-6H,4H2,1H3,(H2,8,9)/b3-2+/t5-,6-/m1/s1. The summed E-state index contributed by atoms with van der Waals surface area (Å²) in [6.07, 6.45) is 4.96. The van der Waals surface area contributed by atoms with E-state index in [0.717, 1.165) is 6.42 Å². The number of nitrogens with two attached hydrogens (primary N) is 1. The molecule has 1 saturated carbocycles. The monoisotopic (exact) mass is 125 g/mol. The van der Waals surface area contributed by atoms with E-state index < -0.39 is 0 Å². The van der Waals surface area contributed by atoms with Crippen molar-refractivity contribution in [1.82, 2.24) is 0 Å². The average molecular weight is 125 g/mol. The van der Waals surface area contributed by atoms with Crippen LogP contribution in [0.1, 0.15) is 13.3 Å². The van der Waals surface area contributed by atoms with Gasteiger partial charge in [-0.3, -0.25) is 4.79 Å². The lowest BCUT2D eigenvalue weighted by atomic mass is 10.3. The zero-order valence-electron chi connectivity index (χ0n) is 5.50. The largest absolute Gasteiger partial charge is 0.369 e. The molecule has 0 bridgehead atoms. The van der Waals surface area contributed by atoms with Crippen molar-refractivity contribution in [3.8, 4) is 0 Å². The summed E-state index contributed by atoms with van der Waals surface area (Å²) < 4.78 is 0. The molecule has 2 heteroatoms. The Kier molecular flexibility index (Phi) is 1.56. The molecular weight excluding hydrogens is 114 g/mol. The van der Waals surface area contributed by atoms with Gasteiger partial charge in [0.15, 0.2) is 0 Å². The average Bonchev–Trinajstić information content (AvgIpc) is 2.47. The number of hydrogen-bond donors (Lipinski definition) is 1. The summed E-state index contributed by atoms with van der Waals surface area (Å²) >= 11 is 0. The molecule has 2 atom stereocenters. The van der Waals surface area contributed by atoms with Gasteiger partial charge in [0.05, 0.1) is 0 Å². The molecule has 2 N–H and O–H groups in total. The minimum Gasteiger partial charge on any atom is -0.369 e. The highest BCUT2D eigenvalue weighted by atomic mass is 16.1. The fourth-order valence-electron chi connectivity index (χ4n) is 1.00. The number of carbonyl (C=O) groups is 1. The van der Waals surface area contributed by atoms with Crippen molar-refractivity contribution < 1.29 is 4.79 Å². The van der Waals surface area contributed by atoms with Gasteiger partial charge in [-0.2, -0.15) is 0 Å². The number of primary amides is 1. The van der Waals surface area contributed by atoms with Crippen LogP contribution in [-0.2, 0) is 4.79 Å². The van der Waals surface area contributed by atoms with E-state index in [0.29, 0.717) is 5.92 Å². The first kappa shape index (κ1) is 6.33. The lowest BCUT2D eigenvalue weighted by molar-refractivity contribution is -0.119. The van der Waals surface area contributed by atoms with Crippen LogP contribution >= 0.6 is 0 Å². The maximum atomic E-state index is 10.4. The summed E-state index contributed by atoms with van der Waals surface area (Å²) in [5, 5.41) is 0. The Balaban J connectivity index is 2.33. The molecular formula is C7H11NO. The van der Waals surface area contributed by atoms with Gasteiger partial charge in [0, 0.05) is 5.92 Å². The summed E-state index contributed by atoms with van der Waals surface area (Å²) in [5.41, 5.74) is 5.05. The molecule has 1 amide bonds. The third-order valence-corrected chi connectivity index (χ3v) is 1.64. The Bertz CT molecular complexity index is 151. The molecule has 0 heterocycles. The van der Waals surface area contributed by atoms with Crippen molar-refractivity contribution >= 4 is 5.91 Å². The molecule has 0 radical (unpaired) electrons. The van der Waals surface area contributed by atoms with Crippen molar-refractivity contribution in [2.75, 3.05) is 0 Å². The van der Waals surface area contributed by atoms with Crippen molar-refractivity contribution in [1.29, 1.82) is 0 Å². The van der Waals surface area contributed by atoms with Crippen molar-refractivity contribution in [2.45, 2.75) is 13.3 Å². The summed E-state index contributed by atoms with van der Waals surface area (Å²) in [6, 6.07) is 0. The number of carbonyl (C=O) groups excluding carboxylic acids is 1. The fourth-order valence-corrected chi connectivity index (χ4v) is 1.00. The van der Waals surface area contributed by atoms with E-state index in [1.54, 1.807) is 0 Å². The van der Waals surface area contributed by atoms with Gasteiger partial charge in [-0.1, -0.05) is 12.2 Å². The minimum atomic E-state index is -0.155. The zero-order chi connectivity index (χ0) is 6.85. The van der Waals surface area contributed by atoms with Crippen molar-refractivity contribution in [3.05, 3.63) is 12.2 Å². The molecule has 1 fully saturated rings. The molecule has 0 aromatic rings. The lowest BCUT2D eigenvalue weighted by Crippen LogP contribution is -2.13. The molecule has 9 heavy (non-hydrogen) atoms. The molecule has 0 aromatic carbocycles. The SMILES string of the molecule is C/C=C/[C@@H]1C[C@H]1C(N)=O. The van der Waals surface area contributed by atoms with Crippen LogP contribution in [0.5, 0.6) is 0 Å². The van der Waals surface area contributed by atoms with Crippen LogP contribution < -0.4 is 5.73 Å². The molecule has 0 aromatic heterocycles. The number of hydrogen-bond acceptors (Lipinski definition) is 1. The molecule has 0 saturated heterocycles. The van der Waals surface area contributed by atoms with Crippen LogP contribution in [0.25, 0.3) is 0 Å². The Morgan fingerprint density at radius 1 is 1.78 bits per heavy atom. The molecule has 1 aliphatic carbocycles. The van der Waals surface area contributed by atoms with E-state index in [-0.39, 0.29) is 11.8 Å². The quantitative estimate of drug-likeness (QED) is 0.542. The van der Waals surface area contributed by atoms with E-state index in [4.69, 9.17) is 5.73 Å². The number of allylic oxidation sites excluding steroid dienone is 2. The molecule has 1 rings (SSSR count). The first-order valence-electron chi connectivity index (χ1n) is 3.18. The highest BCUT2D eigenvalue weighted by Gasteiger charge is 2.39. The smallest absolute Gasteiger partial charge is 0.221 e. The van der Waals surface area contributed by atoms with Gasteiger partial charge in [-0.15, -0.1) is 0 Å². The van der Waals surface area contributed by atoms with Crippen molar-refractivity contribution in [2.24, 2.45) is 17.6 Å². The topological polar surface area (TPSA) is 43.1 Å². The van der Waals surface area contributed by atoms with E-state index in [1.165, 1.54) is 0 Å². The van der Waals surface area contributed by atoms with Gasteiger partial charge >= 0.3 is 0 Å².